The summed E-state index contributed by atoms with van der Waals surface area (Å²) in [6.07, 6.45) is 1.45. The normalized spacial score (nSPS) is 14.5. The molecule has 0 saturated carbocycles. The van der Waals surface area contributed by atoms with Crippen molar-refractivity contribution >= 4 is 49.7 Å². The topological polar surface area (TPSA) is 112 Å². The van der Waals surface area contributed by atoms with Gasteiger partial charge in [0.05, 0.1) is 36.4 Å². The van der Waals surface area contributed by atoms with Crippen LogP contribution in [0.3, 0.4) is 0 Å². The third kappa shape index (κ3) is 5.19. The Hall–Kier alpha value is -4.15. The van der Waals surface area contributed by atoms with Crippen LogP contribution in [-0.4, -0.2) is 65.5 Å². The summed E-state index contributed by atoms with van der Waals surface area (Å²) in [6, 6.07) is 17.8. The number of amides is 2. The van der Waals surface area contributed by atoms with Crippen LogP contribution in [0.5, 0.6) is 11.5 Å². The zero-order chi connectivity index (χ0) is 30.3. The van der Waals surface area contributed by atoms with Gasteiger partial charge in [-0.05, 0) is 97.2 Å². The summed E-state index contributed by atoms with van der Waals surface area (Å²) in [6.45, 7) is 5.50. The van der Waals surface area contributed by atoms with Gasteiger partial charge in [0.15, 0.2) is 17.3 Å². The van der Waals surface area contributed by atoms with E-state index < -0.39 is 5.41 Å². The molecule has 6 rings (SSSR count). The van der Waals surface area contributed by atoms with E-state index >= 15 is 0 Å². The van der Waals surface area contributed by atoms with Crippen molar-refractivity contribution in [1.29, 1.82) is 0 Å². The zero-order valence-corrected chi connectivity index (χ0v) is 26.2. The number of aromatic nitrogens is 3. The first kappa shape index (κ1) is 28.9. The molecule has 43 heavy (non-hydrogen) atoms. The van der Waals surface area contributed by atoms with Gasteiger partial charge in [-0.25, -0.2) is 4.98 Å². The molecule has 222 valence electrons. The van der Waals surface area contributed by atoms with Gasteiger partial charge in [-0.2, -0.15) is 0 Å². The molecule has 10 heteroatoms. The summed E-state index contributed by atoms with van der Waals surface area (Å²) < 4.78 is 11.4. The molecule has 2 amide bonds. The van der Waals surface area contributed by atoms with Crippen LogP contribution in [0.1, 0.15) is 41.8 Å². The molecule has 1 aliphatic rings. The second-order valence-corrected chi connectivity index (χ2v) is 12.1. The van der Waals surface area contributed by atoms with Gasteiger partial charge in [0.1, 0.15) is 5.52 Å². The highest BCUT2D eigenvalue weighted by Gasteiger charge is 2.45. The fourth-order valence-electron chi connectivity index (χ4n) is 5.81. The highest BCUT2D eigenvalue weighted by atomic mass is 79.9. The van der Waals surface area contributed by atoms with Gasteiger partial charge < -0.3 is 24.8 Å². The minimum absolute atomic E-state index is 0.197. The fraction of sp³-hybridized carbons (Fsp3) is 0.303. The van der Waals surface area contributed by atoms with Crippen molar-refractivity contribution in [1.82, 2.24) is 25.2 Å². The van der Waals surface area contributed by atoms with E-state index in [-0.39, 0.29) is 11.8 Å². The number of methoxy groups -OCH3 is 2. The summed E-state index contributed by atoms with van der Waals surface area (Å²) in [5, 5.41) is 4.51. The van der Waals surface area contributed by atoms with Crippen LogP contribution in [0.2, 0.25) is 0 Å². The van der Waals surface area contributed by atoms with Crippen LogP contribution in [0.15, 0.2) is 59.1 Å². The second kappa shape index (κ2) is 11.5. The number of hydrogen-bond donors (Lipinski definition) is 3. The maximum absolute atomic E-state index is 13.9. The number of para-hydroxylation sites is 1. The van der Waals surface area contributed by atoms with Gasteiger partial charge in [-0.3, -0.25) is 14.5 Å². The number of benzene rings is 3. The summed E-state index contributed by atoms with van der Waals surface area (Å²) in [5.41, 5.74) is 4.55. The van der Waals surface area contributed by atoms with Gasteiger partial charge in [0, 0.05) is 21.9 Å². The van der Waals surface area contributed by atoms with Crippen LogP contribution >= 0.6 is 15.9 Å². The van der Waals surface area contributed by atoms with Crippen molar-refractivity contribution in [3.63, 3.8) is 0 Å². The first-order valence-electron chi connectivity index (χ1n) is 14.3. The number of carbonyl (C=O) groups is 2. The Morgan fingerprint density at radius 1 is 0.977 bits per heavy atom. The monoisotopic (exact) mass is 643 g/mol. The molecule has 5 aromatic rings. The van der Waals surface area contributed by atoms with Crippen molar-refractivity contribution in [2.75, 3.05) is 33.9 Å². The molecule has 3 heterocycles. The molecule has 1 aliphatic heterocycles. The first-order chi connectivity index (χ1) is 20.7. The van der Waals surface area contributed by atoms with Crippen molar-refractivity contribution in [2.45, 2.75) is 32.1 Å². The number of nitrogens with one attached hydrogen (secondary N) is 3. The molecular formula is C33H34BrN5O4. The van der Waals surface area contributed by atoms with Gasteiger partial charge >= 0.3 is 0 Å². The van der Waals surface area contributed by atoms with Gasteiger partial charge in [-0.15, -0.1) is 0 Å². The number of fused-ring (bicyclic) bond motifs is 4. The van der Waals surface area contributed by atoms with E-state index in [2.05, 4.69) is 31.2 Å². The molecule has 3 aromatic carbocycles. The van der Waals surface area contributed by atoms with E-state index in [4.69, 9.17) is 14.5 Å². The molecule has 0 radical (unpaired) electrons. The number of nitrogens with zero attached hydrogens (tertiary/aromatic N) is 2. The number of rotatable bonds is 10. The quantitative estimate of drug-likeness (QED) is 0.128. The number of imide groups is 1. The average molecular weight is 645 g/mol. The van der Waals surface area contributed by atoms with Crippen LogP contribution < -0.4 is 14.8 Å². The molecule has 0 fully saturated rings. The maximum atomic E-state index is 13.9. The zero-order valence-electron chi connectivity index (χ0n) is 24.6. The second-order valence-electron chi connectivity index (χ2n) is 11.3. The summed E-state index contributed by atoms with van der Waals surface area (Å²) in [7, 11) is 3.25. The summed E-state index contributed by atoms with van der Waals surface area (Å²) in [5.74, 6) is 1.55. The fourth-order valence-corrected chi connectivity index (χ4v) is 6.33. The molecule has 0 atom stereocenters. The minimum Gasteiger partial charge on any atom is -0.493 e. The molecule has 2 aromatic heterocycles. The predicted molar refractivity (Wildman–Crippen MR) is 171 cm³/mol. The van der Waals surface area contributed by atoms with E-state index in [0.29, 0.717) is 59.0 Å². The highest BCUT2D eigenvalue weighted by molar-refractivity contribution is 9.10. The molecular weight excluding hydrogens is 610 g/mol. The Morgan fingerprint density at radius 2 is 1.77 bits per heavy atom. The third-order valence-electron chi connectivity index (χ3n) is 8.19. The lowest BCUT2D eigenvalue weighted by Gasteiger charge is -2.37. The highest BCUT2D eigenvalue weighted by Crippen LogP contribution is 2.41. The number of aromatic amines is 2. The number of carbonyl (C=O) groups excluding carboxylic acids is 2. The Morgan fingerprint density at radius 3 is 2.53 bits per heavy atom. The Bertz CT molecular complexity index is 1820. The lowest BCUT2D eigenvalue weighted by molar-refractivity contribution is -0.134. The van der Waals surface area contributed by atoms with Gasteiger partial charge in [0.25, 0.3) is 5.91 Å². The van der Waals surface area contributed by atoms with Crippen molar-refractivity contribution in [3.05, 3.63) is 75.8 Å². The maximum Gasteiger partial charge on any atom is 0.262 e. The van der Waals surface area contributed by atoms with E-state index in [1.165, 1.54) is 4.90 Å². The average Bonchev–Trinajstić information content (AvgIpc) is 3.65. The number of hydrogen-bond acceptors (Lipinski definition) is 6. The molecule has 0 unspecified atom stereocenters. The van der Waals surface area contributed by atoms with Crippen molar-refractivity contribution in [2.24, 2.45) is 0 Å². The summed E-state index contributed by atoms with van der Waals surface area (Å²) >= 11 is 3.65. The Kier molecular flexibility index (Phi) is 7.74. The number of imidazole rings is 1. The van der Waals surface area contributed by atoms with Crippen molar-refractivity contribution in [3.8, 4) is 23.0 Å². The van der Waals surface area contributed by atoms with E-state index in [0.717, 1.165) is 39.6 Å². The van der Waals surface area contributed by atoms with E-state index in [1.807, 2.05) is 68.4 Å². The first-order valence-corrected chi connectivity index (χ1v) is 15.1. The van der Waals surface area contributed by atoms with Gasteiger partial charge in [-0.1, -0.05) is 24.3 Å². The van der Waals surface area contributed by atoms with Crippen LogP contribution in [-0.2, 0) is 16.6 Å². The molecule has 0 aliphatic carbocycles. The third-order valence-corrected chi connectivity index (χ3v) is 8.80. The number of ether oxygens (including phenoxy) is 2. The van der Waals surface area contributed by atoms with E-state index in [1.54, 1.807) is 14.2 Å². The standard InChI is InChI=1S/C33H34BrN5O4/c1-33(2)21-18-22(34)28-29(38-30(37-28)24-17-20-8-5-6-9-23(20)36-24)27(21)31(40)39(32(33)41)15-7-13-35-14-12-19-10-11-25(42-3)26(16-19)43-4/h5-6,8-11,16-18,35-36H,7,12-15H2,1-4H3,(H,37,38). The Labute approximate surface area is 258 Å². The Balaban J connectivity index is 1.19. The molecule has 0 bridgehead atoms. The van der Waals surface area contributed by atoms with Crippen LogP contribution in [0, 0.1) is 0 Å². The van der Waals surface area contributed by atoms with Crippen LogP contribution in [0.25, 0.3) is 33.5 Å². The predicted octanol–water partition coefficient (Wildman–Crippen LogP) is 5.97. The molecule has 0 saturated heterocycles. The minimum atomic E-state index is -0.882. The van der Waals surface area contributed by atoms with Gasteiger partial charge in [0.2, 0.25) is 5.91 Å². The molecule has 0 spiro atoms. The SMILES string of the molecule is COc1ccc(CCNCCCN2C(=O)c3c(cc(Br)c4nc(-c5cc6ccccc6[nH]5)[nH]c34)C(C)(C)C2=O)cc1OC. The summed E-state index contributed by atoms with van der Waals surface area (Å²) in [4.78, 5) is 40.6. The smallest absolute Gasteiger partial charge is 0.262 e. The lowest BCUT2D eigenvalue weighted by Crippen LogP contribution is -2.52. The number of H-pyrrole nitrogens is 2. The largest absolute Gasteiger partial charge is 0.493 e. The van der Waals surface area contributed by atoms with Crippen LogP contribution in [0.4, 0.5) is 0 Å². The molecule has 9 nitrogen and oxygen atoms in total. The number of halogens is 1. The molecule has 3 N–H and O–H groups in total. The lowest BCUT2D eigenvalue weighted by atomic mass is 9.76. The van der Waals surface area contributed by atoms with E-state index in [9.17, 15) is 9.59 Å². The van der Waals surface area contributed by atoms with Crippen molar-refractivity contribution < 1.29 is 19.1 Å².